The van der Waals surface area contributed by atoms with Crippen molar-refractivity contribution in [3.63, 3.8) is 0 Å². The molecule has 1 saturated heterocycles. The maximum atomic E-state index is 5.67. The van der Waals surface area contributed by atoms with Crippen LogP contribution in [-0.2, 0) is 6.54 Å². The fourth-order valence-corrected chi connectivity index (χ4v) is 2.40. The number of aromatic nitrogens is 1. The Bertz CT molecular complexity index is 353. The zero-order valence-corrected chi connectivity index (χ0v) is 11.3. The third kappa shape index (κ3) is 2.87. The highest BCUT2D eigenvalue weighted by molar-refractivity contribution is 5.05. The van der Waals surface area contributed by atoms with Crippen LogP contribution in [0.2, 0.25) is 0 Å². The van der Waals surface area contributed by atoms with Gasteiger partial charge < -0.3 is 9.73 Å². The van der Waals surface area contributed by atoms with Gasteiger partial charge in [0.05, 0.1) is 12.2 Å². The predicted molar refractivity (Wildman–Crippen MR) is 67.9 cm³/mol. The molecule has 17 heavy (non-hydrogen) atoms. The van der Waals surface area contributed by atoms with Crippen molar-refractivity contribution in [3.8, 4) is 0 Å². The molecule has 2 rings (SSSR count). The summed E-state index contributed by atoms with van der Waals surface area (Å²) in [5.41, 5.74) is 1.01. The quantitative estimate of drug-likeness (QED) is 0.869. The molecule has 0 bridgehead atoms. The van der Waals surface area contributed by atoms with E-state index in [-0.39, 0.29) is 0 Å². The molecular formula is C13H23N3O. The molecule has 96 valence electrons. The van der Waals surface area contributed by atoms with Gasteiger partial charge in [-0.2, -0.15) is 0 Å². The van der Waals surface area contributed by atoms with Crippen LogP contribution in [0.25, 0.3) is 0 Å². The van der Waals surface area contributed by atoms with Crippen LogP contribution in [0.15, 0.2) is 4.42 Å². The van der Waals surface area contributed by atoms with Gasteiger partial charge >= 0.3 is 0 Å². The highest BCUT2D eigenvalue weighted by atomic mass is 16.4. The molecule has 0 aromatic carbocycles. The molecule has 2 heterocycles. The van der Waals surface area contributed by atoms with E-state index in [0.29, 0.717) is 12.0 Å². The minimum Gasteiger partial charge on any atom is -0.444 e. The van der Waals surface area contributed by atoms with Gasteiger partial charge in [0, 0.05) is 25.7 Å². The van der Waals surface area contributed by atoms with Gasteiger partial charge in [-0.3, -0.25) is 4.90 Å². The number of rotatable bonds is 3. The topological polar surface area (TPSA) is 41.3 Å². The summed E-state index contributed by atoms with van der Waals surface area (Å²) in [6.45, 7) is 12.6. The highest BCUT2D eigenvalue weighted by Gasteiger charge is 2.26. The molecule has 0 spiro atoms. The second-order valence-corrected chi connectivity index (χ2v) is 5.24. The maximum Gasteiger partial charge on any atom is 0.208 e. The number of piperazine rings is 1. The van der Waals surface area contributed by atoms with E-state index in [2.05, 4.69) is 29.0 Å². The Kier molecular flexibility index (Phi) is 3.84. The molecule has 1 aliphatic heterocycles. The summed E-state index contributed by atoms with van der Waals surface area (Å²) in [4.78, 5) is 6.95. The molecule has 1 aromatic rings. The molecule has 1 atom stereocenters. The summed E-state index contributed by atoms with van der Waals surface area (Å²) >= 11 is 0. The summed E-state index contributed by atoms with van der Waals surface area (Å²) in [6, 6.07) is 0.580. The van der Waals surface area contributed by atoms with E-state index >= 15 is 0 Å². The molecule has 1 fully saturated rings. The summed E-state index contributed by atoms with van der Waals surface area (Å²) < 4.78 is 5.67. The molecule has 0 saturated carbocycles. The lowest BCUT2D eigenvalue weighted by Gasteiger charge is -2.37. The number of aryl methyl sites for hydroxylation is 2. The molecular weight excluding hydrogens is 214 g/mol. The third-order valence-electron chi connectivity index (χ3n) is 3.58. The van der Waals surface area contributed by atoms with E-state index in [1.54, 1.807) is 0 Å². The van der Waals surface area contributed by atoms with Crippen molar-refractivity contribution >= 4 is 0 Å². The minimum absolute atomic E-state index is 0.580. The Morgan fingerprint density at radius 1 is 1.47 bits per heavy atom. The van der Waals surface area contributed by atoms with Gasteiger partial charge in [-0.15, -0.1) is 0 Å². The molecule has 0 radical (unpaired) electrons. The Morgan fingerprint density at radius 2 is 2.24 bits per heavy atom. The van der Waals surface area contributed by atoms with Crippen LogP contribution in [0.5, 0.6) is 0 Å². The van der Waals surface area contributed by atoms with Crippen molar-refractivity contribution in [1.29, 1.82) is 0 Å². The van der Waals surface area contributed by atoms with Crippen LogP contribution in [0, 0.1) is 19.8 Å². The van der Waals surface area contributed by atoms with Crippen LogP contribution in [0.3, 0.4) is 0 Å². The second kappa shape index (κ2) is 5.19. The van der Waals surface area contributed by atoms with Crippen LogP contribution in [0.1, 0.15) is 31.2 Å². The molecule has 0 aliphatic carbocycles. The molecule has 4 heteroatoms. The number of nitrogens with one attached hydrogen (secondary N) is 1. The average Bonchev–Trinajstić information content (AvgIpc) is 2.58. The van der Waals surface area contributed by atoms with Gasteiger partial charge in [0.1, 0.15) is 5.76 Å². The Hall–Kier alpha value is -0.870. The van der Waals surface area contributed by atoms with Crippen molar-refractivity contribution < 1.29 is 4.42 Å². The Morgan fingerprint density at radius 3 is 2.82 bits per heavy atom. The fourth-order valence-electron chi connectivity index (χ4n) is 2.40. The Balaban J connectivity index is 2.05. The van der Waals surface area contributed by atoms with Gasteiger partial charge in [-0.25, -0.2) is 4.98 Å². The molecule has 1 aliphatic rings. The number of hydrogen-bond donors (Lipinski definition) is 1. The van der Waals surface area contributed by atoms with Crippen LogP contribution in [0.4, 0.5) is 0 Å². The summed E-state index contributed by atoms with van der Waals surface area (Å²) in [7, 11) is 0. The number of oxazole rings is 1. The van der Waals surface area contributed by atoms with Crippen molar-refractivity contribution in [2.24, 2.45) is 5.92 Å². The summed E-state index contributed by atoms with van der Waals surface area (Å²) in [5, 5.41) is 3.46. The first-order chi connectivity index (χ1) is 8.08. The molecule has 1 N–H and O–H groups in total. The molecule has 4 nitrogen and oxygen atoms in total. The first-order valence-corrected chi connectivity index (χ1v) is 6.45. The second-order valence-electron chi connectivity index (χ2n) is 5.24. The van der Waals surface area contributed by atoms with Gasteiger partial charge in [0.25, 0.3) is 0 Å². The molecule has 1 aromatic heterocycles. The van der Waals surface area contributed by atoms with Gasteiger partial charge in [-0.05, 0) is 19.8 Å². The van der Waals surface area contributed by atoms with Gasteiger partial charge in [-0.1, -0.05) is 13.8 Å². The summed E-state index contributed by atoms with van der Waals surface area (Å²) in [6.07, 6.45) is 0. The predicted octanol–water partition coefficient (Wildman–Crippen LogP) is 1.72. The zero-order valence-electron chi connectivity index (χ0n) is 11.3. The highest BCUT2D eigenvalue weighted by Crippen LogP contribution is 2.17. The van der Waals surface area contributed by atoms with Crippen molar-refractivity contribution in [3.05, 3.63) is 17.3 Å². The normalized spacial score (nSPS) is 22.3. The standard InChI is InChI=1S/C13H23N3O/c1-9(2)12-7-14-5-6-16(12)8-13-15-10(3)11(4)17-13/h9,12,14H,5-8H2,1-4H3. The lowest BCUT2D eigenvalue weighted by atomic mass is 10.0. The van der Waals surface area contributed by atoms with Gasteiger partial charge in [0.15, 0.2) is 0 Å². The molecule has 1 unspecified atom stereocenters. The third-order valence-corrected chi connectivity index (χ3v) is 3.58. The smallest absolute Gasteiger partial charge is 0.208 e. The van der Waals surface area contributed by atoms with E-state index in [4.69, 9.17) is 4.42 Å². The van der Waals surface area contributed by atoms with E-state index in [1.165, 1.54) is 0 Å². The number of hydrogen-bond acceptors (Lipinski definition) is 4. The van der Waals surface area contributed by atoms with E-state index in [0.717, 1.165) is 43.5 Å². The summed E-state index contributed by atoms with van der Waals surface area (Å²) in [5.74, 6) is 2.45. The van der Waals surface area contributed by atoms with Crippen molar-refractivity contribution in [1.82, 2.24) is 15.2 Å². The first kappa shape index (κ1) is 12.6. The van der Waals surface area contributed by atoms with Crippen LogP contribution >= 0.6 is 0 Å². The lowest BCUT2D eigenvalue weighted by molar-refractivity contribution is 0.106. The lowest BCUT2D eigenvalue weighted by Crippen LogP contribution is -2.53. The van der Waals surface area contributed by atoms with E-state index < -0.39 is 0 Å². The largest absolute Gasteiger partial charge is 0.444 e. The minimum atomic E-state index is 0.580. The number of nitrogens with zero attached hydrogens (tertiary/aromatic N) is 2. The van der Waals surface area contributed by atoms with E-state index in [9.17, 15) is 0 Å². The first-order valence-electron chi connectivity index (χ1n) is 6.45. The SMILES string of the molecule is Cc1nc(CN2CCNCC2C(C)C)oc1C. The monoisotopic (exact) mass is 237 g/mol. The Labute approximate surface area is 103 Å². The maximum absolute atomic E-state index is 5.67. The molecule has 0 amide bonds. The van der Waals surface area contributed by atoms with Crippen LogP contribution in [-0.4, -0.2) is 35.6 Å². The van der Waals surface area contributed by atoms with Crippen LogP contribution < -0.4 is 5.32 Å². The average molecular weight is 237 g/mol. The van der Waals surface area contributed by atoms with E-state index in [1.807, 2.05) is 13.8 Å². The van der Waals surface area contributed by atoms with Gasteiger partial charge in [0.2, 0.25) is 5.89 Å². The van der Waals surface area contributed by atoms with Crippen molar-refractivity contribution in [2.75, 3.05) is 19.6 Å². The van der Waals surface area contributed by atoms with Crippen molar-refractivity contribution in [2.45, 2.75) is 40.3 Å². The zero-order chi connectivity index (χ0) is 12.4. The fraction of sp³-hybridized carbons (Fsp3) is 0.769.